The Morgan fingerprint density at radius 2 is 2.32 bits per heavy atom. The van der Waals surface area contributed by atoms with E-state index in [1.165, 1.54) is 37.9 Å². The lowest BCUT2D eigenvalue weighted by atomic mass is 9.93. The summed E-state index contributed by atoms with van der Waals surface area (Å²) in [6, 6.07) is 0.347. The molecule has 1 fully saturated rings. The Morgan fingerprint density at radius 3 is 3.00 bits per heavy atom. The first kappa shape index (κ1) is 14.5. The van der Waals surface area contributed by atoms with Crippen LogP contribution in [0.5, 0.6) is 0 Å². The molecular formula is C15H28N4. The lowest BCUT2D eigenvalue weighted by Crippen LogP contribution is -2.40. The molecule has 19 heavy (non-hydrogen) atoms. The molecule has 1 saturated heterocycles. The van der Waals surface area contributed by atoms with Crippen LogP contribution in [0.15, 0.2) is 12.4 Å². The molecule has 4 nitrogen and oxygen atoms in total. The standard InChI is InChI=1S/C15H28N4/c1-3-7-19-12-14(10-17-19)15(9-16)18-8-5-6-13(4-2)11-18/h10,12-13,15H,3-9,11,16H2,1-2H3. The predicted octanol–water partition coefficient (Wildman–Crippen LogP) is 2.41. The van der Waals surface area contributed by atoms with Crippen molar-refractivity contribution in [1.29, 1.82) is 0 Å². The fourth-order valence-corrected chi connectivity index (χ4v) is 3.11. The van der Waals surface area contributed by atoms with Gasteiger partial charge in [-0.15, -0.1) is 0 Å². The summed E-state index contributed by atoms with van der Waals surface area (Å²) in [6.07, 6.45) is 9.26. The van der Waals surface area contributed by atoms with Crippen molar-refractivity contribution in [3.8, 4) is 0 Å². The summed E-state index contributed by atoms with van der Waals surface area (Å²) in [5, 5.41) is 4.44. The molecular weight excluding hydrogens is 236 g/mol. The average Bonchev–Trinajstić information content (AvgIpc) is 2.89. The normalized spacial score (nSPS) is 22.6. The smallest absolute Gasteiger partial charge is 0.0538 e. The Morgan fingerprint density at radius 1 is 1.47 bits per heavy atom. The van der Waals surface area contributed by atoms with Crippen LogP contribution in [0.3, 0.4) is 0 Å². The van der Waals surface area contributed by atoms with E-state index in [0.29, 0.717) is 12.6 Å². The van der Waals surface area contributed by atoms with E-state index in [9.17, 15) is 0 Å². The van der Waals surface area contributed by atoms with Crippen molar-refractivity contribution in [3.05, 3.63) is 18.0 Å². The van der Waals surface area contributed by atoms with Gasteiger partial charge >= 0.3 is 0 Å². The van der Waals surface area contributed by atoms with Crippen LogP contribution in [0.1, 0.15) is 51.1 Å². The second kappa shape index (κ2) is 7.06. The molecule has 0 spiro atoms. The van der Waals surface area contributed by atoms with E-state index in [-0.39, 0.29) is 0 Å². The third-order valence-corrected chi connectivity index (χ3v) is 4.28. The van der Waals surface area contributed by atoms with Gasteiger partial charge in [0.25, 0.3) is 0 Å². The van der Waals surface area contributed by atoms with Crippen LogP contribution in [0.25, 0.3) is 0 Å². The fourth-order valence-electron chi connectivity index (χ4n) is 3.11. The van der Waals surface area contributed by atoms with Crippen molar-refractivity contribution in [3.63, 3.8) is 0 Å². The maximum Gasteiger partial charge on any atom is 0.0538 e. The molecule has 4 heteroatoms. The molecule has 0 radical (unpaired) electrons. The van der Waals surface area contributed by atoms with Crippen molar-refractivity contribution in [1.82, 2.24) is 14.7 Å². The highest BCUT2D eigenvalue weighted by Crippen LogP contribution is 2.27. The maximum atomic E-state index is 6.03. The van der Waals surface area contributed by atoms with Gasteiger partial charge in [-0.2, -0.15) is 5.10 Å². The van der Waals surface area contributed by atoms with E-state index in [2.05, 4.69) is 30.0 Å². The second-order valence-electron chi connectivity index (χ2n) is 5.70. The second-order valence-corrected chi connectivity index (χ2v) is 5.70. The van der Waals surface area contributed by atoms with Crippen LogP contribution in [0.4, 0.5) is 0 Å². The van der Waals surface area contributed by atoms with E-state index in [0.717, 1.165) is 18.9 Å². The van der Waals surface area contributed by atoms with Crippen LogP contribution in [-0.4, -0.2) is 34.3 Å². The molecule has 2 heterocycles. The van der Waals surface area contributed by atoms with Crippen LogP contribution in [-0.2, 0) is 6.54 Å². The van der Waals surface area contributed by atoms with E-state index in [1.54, 1.807) is 0 Å². The van der Waals surface area contributed by atoms with Gasteiger partial charge in [0, 0.05) is 31.4 Å². The molecule has 0 aromatic carbocycles. The first-order valence-electron chi connectivity index (χ1n) is 7.74. The van der Waals surface area contributed by atoms with E-state index >= 15 is 0 Å². The summed E-state index contributed by atoms with van der Waals surface area (Å²) in [5.41, 5.74) is 7.31. The average molecular weight is 264 g/mol. The Hall–Kier alpha value is -0.870. The van der Waals surface area contributed by atoms with Crippen molar-refractivity contribution in [2.24, 2.45) is 11.7 Å². The van der Waals surface area contributed by atoms with Gasteiger partial charge in [0.15, 0.2) is 0 Å². The number of hydrogen-bond donors (Lipinski definition) is 1. The number of hydrogen-bond acceptors (Lipinski definition) is 3. The van der Waals surface area contributed by atoms with Crippen LogP contribution < -0.4 is 5.73 Å². The lowest BCUT2D eigenvalue weighted by Gasteiger charge is -2.37. The molecule has 2 unspecified atom stereocenters. The number of aromatic nitrogens is 2. The zero-order chi connectivity index (χ0) is 13.7. The molecule has 2 rings (SSSR count). The highest BCUT2D eigenvalue weighted by Gasteiger charge is 2.26. The summed E-state index contributed by atoms with van der Waals surface area (Å²) in [6.45, 7) is 8.53. The predicted molar refractivity (Wildman–Crippen MR) is 78.9 cm³/mol. The minimum absolute atomic E-state index is 0.347. The molecule has 2 atom stereocenters. The molecule has 1 aliphatic rings. The van der Waals surface area contributed by atoms with Gasteiger partial charge in [-0.3, -0.25) is 9.58 Å². The molecule has 0 amide bonds. The fraction of sp³-hybridized carbons (Fsp3) is 0.800. The summed E-state index contributed by atoms with van der Waals surface area (Å²) < 4.78 is 2.04. The van der Waals surface area contributed by atoms with Crippen LogP contribution in [0.2, 0.25) is 0 Å². The largest absolute Gasteiger partial charge is 0.329 e. The third-order valence-electron chi connectivity index (χ3n) is 4.28. The Labute approximate surface area is 117 Å². The Bertz CT molecular complexity index is 374. The van der Waals surface area contributed by atoms with Gasteiger partial charge in [0.1, 0.15) is 0 Å². The summed E-state index contributed by atoms with van der Waals surface area (Å²) >= 11 is 0. The Balaban J connectivity index is 2.05. The van der Waals surface area contributed by atoms with Crippen molar-refractivity contribution in [2.45, 2.75) is 52.1 Å². The summed E-state index contributed by atoms with van der Waals surface area (Å²) in [5.74, 6) is 0.841. The molecule has 2 N–H and O–H groups in total. The zero-order valence-corrected chi connectivity index (χ0v) is 12.4. The number of aryl methyl sites for hydroxylation is 1. The van der Waals surface area contributed by atoms with Gasteiger partial charge in [0.05, 0.1) is 12.2 Å². The molecule has 1 aromatic rings. The van der Waals surface area contributed by atoms with Gasteiger partial charge in [0.2, 0.25) is 0 Å². The first-order chi connectivity index (χ1) is 9.28. The Kier molecular flexibility index (Phi) is 5.40. The van der Waals surface area contributed by atoms with Gasteiger partial charge in [-0.1, -0.05) is 20.3 Å². The molecule has 108 valence electrons. The lowest BCUT2D eigenvalue weighted by molar-refractivity contribution is 0.124. The third kappa shape index (κ3) is 3.57. The minimum atomic E-state index is 0.347. The number of nitrogens with zero attached hydrogens (tertiary/aromatic N) is 3. The monoisotopic (exact) mass is 264 g/mol. The van der Waals surface area contributed by atoms with Crippen LogP contribution in [0, 0.1) is 5.92 Å². The van der Waals surface area contributed by atoms with Crippen LogP contribution >= 0.6 is 0 Å². The quantitative estimate of drug-likeness (QED) is 0.858. The first-order valence-corrected chi connectivity index (χ1v) is 7.74. The summed E-state index contributed by atoms with van der Waals surface area (Å²) in [7, 11) is 0. The molecule has 0 aliphatic carbocycles. The zero-order valence-electron chi connectivity index (χ0n) is 12.4. The van der Waals surface area contributed by atoms with Gasteiger partial charge in [-0.05, 0) is 31.7 Å². The number of piperidine rings is 1. The maximum absolute atomic E-state index is 6.03. The van der Waals surface area contributed by atoms with E-state index < -0.39 is 0 Å². The van der Waals surface area contributed by atoms with E-state index in [1.807, 2.05) is 10.9 Å². The highest BCUT2D eigenvalue weighted by molar-refractivity contribution is 5.11. The molecule has 1 aliphatic heterocycles. The number of nitrogens with two attached hydrogens (primary N) is 1. The molecule has 0 bridgehead atoms. The minimum Gasteiger partial charge on any atom is -0.329 e. The topological polar surface area (TPSA) is 47.1 Å². The SMILES string of the molecule is CCCn1cc(C(CN)N2CCCC(CC)C2)cn1. The number of rotatable bonds is 6. The van der Waals surface area contributed by atoms with Gasteiger partial charge in [-0.25, -0.2) is 0 Å². The van der Waals surface area contributed by atoms with E-state index in [4.69, 9.17) is 5.73 Å². The van der Waals surface area contributed by atoms with Crippen molar-refractivity contribution >= 4 is 0 Å². The van der Waals surface area contributed by atoms with Crippen molar-refractivity contribution < 1.29 is 0 Å². The van der Waals surface area contributed by atoms with Gasteiger partial charge < -0.3 is 5.73 Å². The number of likely N-dealkylation sites (tertiary alicyclic amines) is 1. The van der Waals surface area contributed by atoms with Crippen molar-refractivity contribution in [2.75, 3.05) is 19.6 Å². The highest BCUT2D eigenvalue weighted by atomic mass is 15.3. The molecule has 1 aromatic heterocycles. The summed E-state index contributed by atoms with van der Waals surface area (Å²) in [4.78, 5) is 2.56. The molecule has 0 saturated carbocycles.